The van der Waals surface area contributed by atoms with Crippen LogP contribution in [-0.2, 0) is 9.47 Å². The molecular formula is C38H47F3O3. The van der Waals surface area contributed by atoms with E-state index in [9.17, 15) is 13.2 Å². The lowest BCUT2D eigenvalue weighted by atomic mass is 9.72. The molecule has 0 heterocycles. The monoisotopic (exact) mass is 608 g/mol. The zero-order valence-corrected chi connectivity index (χ0v) is 26.2. The van der Waals surface area contributed by atoms with Gasteiger partial charge >= 0.3 is 6.18 Å². The quantitative estimate of drug-likeness (QED) is 0.238. The molecule has 0 radical (unpaired) electrons. The van der Waals surface area contributed by atoms with E-state index in [-0.39, 0.29) is 11.5 Å². The maximum absolute atomic E-state index is 13.0. The summed E-state index contributed by atoms with van der Waals surface area (Å²) in [6.07, 6.45) is 6.89. The van der Waals surface area contributed by atoms with Crippen LogP contribution in [0.25, 0.3) is 11.1 Å². The third-order valence-corrected chi connectivity index (χ3v) is 13.6. The molecule has 8 aliphatic carbocycles. The highest BCUT2D eigenvalue weighted by Gasteiger charge is 2.65. The van der Waals surface area contributed by atoms with E-state index in [2.05, 4.69) is 49.4 Å². The number of benzene rings is 2. The Balaban J connectivity index is 0.947. The van der Waals surface area contributed by atoms with Crippen LogP contribution in [-0.4, -0.2) is 38.2 Å². The fraction of sp³-hybridized carbons (Fsp3) is 0.684. The fourth-order valence-corrected chi connectivity index (χ4v) is 12.2. The first kappa shape index (κ1) is 29.4. The molecule has 2 aromatic carbocycles. The van der Waals surface area contributed by atoms with E-state index in [1.807, 2.05) is 13.0 Å². The Bertz CT molecular complexity index is 1360. The average Bonchev–Trinajstić information content (AvgIpc) is 3.60. The molecule has 0 spiro atoms. The van der Waals surface area contributed by atoms with Crippen LogP contribution in [0, 0.1) is 46.3 Å². The second-order valence-corrected chi connectivity index (χ2v) is 15.7. The first-order chi connectivity index (χ1) is 21.1. The Hall–Kier alpha value is -2.05. The van der Waals surface area contributed by atoms with Gasteiger partial charge in [-0.3, -0.25) is 0 Å². The Morgan fingerprint density at radius 1 is 0.773 bits per heavy atom. The second-order valence-electron chi connectivity index (χ2n) is 15.7. The molecule has 9 atom stereocenters. The van der Waals surface area contributed by atoms with Crippen LogP contribution in [0.15, 0.2) is 48.5 Å². The van der Waals surface area contributed by atoms with Crippen molar-refractivity contribution in [2.24, 2.45) is 46.3 Å². The van der Waals surface area contributed by atoms with Crippen LogP contribution < -0.4 is 4.74 Å². The second kappa shape index (κ2) is 10.8. The Morgan fingerprint density at radius 2 is 1.50 bits per heavy atom. The van der Waals surface area contributed by atoms with Gasteiger partial charge in [0.05, 0.1) is 18.8 Å². The minimum Gasteiger partial charge on any atom is -0.491 e. The topological polar surface area (TPSA) is 27.7 Å². The predicted molar refractivity (Wildman–Crippen MR) is 164 cm³/mol. The molecule has 0 amide bonds. The molecular weight excluding hydrogens is 561 g/mol. The van der Waals surface area contributed by atoms with E-state index < -0.39 is 12.8 Å². The van der Waals surface area contributed by atoms with Crippen LogP contribution in [0.4, 0.5) is 13.2 Å². The van der Waals surface area contributed by atoms with Gasteiger partial charge in [-0.25, -0.2) is 0 Å². The summed E-state index contributed by atoms with van der Waals surface area (Å²) in [5, 5.41) is 0. The number of rotatable bonds is 11. The summed E-state index contributed by atoms with van der Waals surface area (Å²) in [6.45, 7) is 4.17. The molecule has 0 aromatic heterocycles. The summed E-state index contributed by atoms with van der Waals surface area (Å²) in [7, 11) is 0. The van der Waals surface area contributed by atoms with Gasteiger partial charge in [0.25, 0.3) is 0 Å². The largest absolute Gasteiger partial charge is 0.491 e. The lowest BCUT2D eigenvalue weighted by Crippen LogP contribution is -2.38. The van der Waals surface area contributed by atoms with Gasteiger partial charge < -0.3 is 14.2 Å². The molecule has 44 heavy (non-hydrogen) atoms. The van der Waals surface area contributed by atoms with Gasteiger partial charge in [-0.2, -0.15) is 13.2 Å². The minimum atomic E-state index is -4.29. The van der Waals surface area contributed by atoms with Crippen molar-refractivity contribution in [1.29, 1.82) is 0 Å². The molecule has 238 valence electrons. The molecule has 10 rings (SSSR count). The molecule has 8 bridgehead atoms. The van der Waals surface area contributed by atoms with Crippen molar-refractivity contribution in [2.75, 3.05) is 19.8 Å². The van der Waals surface area contributed by atoms with Crippen molar-refractivity contribution < 1.29 is 27.4 Å². The summed E-state index contributed by atoms with van der Waals surface area (Å²) < 4.78 is 57.4. The Labute approximate surface area is 260 Å². The maximum atomic E-state index is 13.0. The van der Waals surface area contributed by atoms with Crippen molar-refractivity contribution in [3.63, 3.8) is 0 Å². The van der Waals surface area contributed by atoms with E-state index in [4.69, 9.17) is 14.2 Å². The van der Waals surface area contributed by atoms with E-state index >= 15 is 0 Å². The SMILES string of the molecule is CC(OCCOc1ccccc1-c1cccc(C2C3CC4CC2C(C(C)OCC(F)(F)F)(C4)C3)c1)C12CC3CC(CC1C3)C2. The van der Waals surface area contributed by atoms with Crippen molar-refractivity contribution in [1.82, 2.24) is 0 Å². The van der Waals surface area contributed by atoms with E-state index in [0.717, 1.165) is 53.9 Å². The molecule has 9 unspecified atom stereocenters. The molecule has 3 nitrogen and oxygen atoms in total. The van der Waals surface area contributed by atoms with Crippen molar-refractivity contribution >= 4 is 0 Å². The highest BCUT2D eigenvalue weighted by molar-refractivity contribution is 5.71. The minimum absolute atomic E-state index is 0.144. The van der Waals surface area contributed by atoms with E-state index in [1.54, 1.807) is 0 Å². The first-order valence-corrected chi connectivity index (χ1v) is 17.3. The molecule has 8 aliphatic rings. The standard InChI is InChI=1S/C38H47F3O3/c1-23(36-18-25-12-26(19-36)15-31(36)14-25)42-10-11-43-34-9-4-3-8-32(34)28-6-5-7-29(17-28)35-30-13-27-16-33(35)37(20-27,21-30)24(2)44-22-38(39,40)41/h3-9,17,23-27,30-31,33,35H,10-16,18-22H2,1-2H3. The number of hydrogen-bond donors (Lipinski definition) is 0. The number of alkyl halides is 3. The Morgan fingerprint density at radius 3 is 2.30 bits per heavy atom. The van der Waals surface area contributed by atoms with Gasteiger partial charge in [0, 0.05) is 11.0 Å². The van der Waals surface area contributed by atoms with Crippen molar-refractivity contribution in [3.05, 3.63) is 54.1 Å². The summed E-state index contributed by atoms with van der Waals surface area (Å²) in [5.41, 5.74) is 3.80. The van der Waals surface area contributed by atoms with Gasteiger partial charge in [-0.1, -0.05) is 42.5 Å². The molecule has 0 aliphatic heterocycles. The van der Waals surface area contributed by atoms with Crippen LogP contribution in [0.3, 0.4) is 0 Å². The summed E-state index contributed by atoms with van der Waals surface area (Å²) in [4.78, 5) is 0. The third-order valence-electron chi connectivity index (χ3n) is 13.6. The van der Waals surface area contributed by atoms with E-state index in [0.29, 0.717) is 48.4 Å². The van der Waals surface area contributed by atoms with Crippen LogP contribution in [0.2, 0.25) is 0 Å². The third kappa shape index (κ3) is 4.84. The van der Waals surface area contributed by atoms with Crippen LogP contribution in [0.1, 0.15) is 83.1 Å². The van der Waals surface area contributed by atoms with Crippen LogP contribution in [0.5, 0.6) is 5.75 Å². The zero-order chi connectivity index (χ0) is 30.3. The number of para-hydroxylation sites is 1. The number of hydrogen-bond acceptors (Lipinski definition) is 3. The number of halogens is 3. The first-order valence-electron chi connectivity index (χ1n) is 17.3. The van der Waals surface area contributed by atoms with Crippen molar-refractivity contribution in [2.45, 2.75) is 95.9 Å². The van der Waals surface area contributed by atoms with Crippen LogP contribution >= 0.6 is 0 Å². The summed E-state index contributed by atoms with van der Waals surface area (Å²) in [5.74, 6) is 5.48. The molecule has 0 N–H and O–H groups in total. The average molecular weight is 609 g/mol. The molecule has 6 heteroatoms. The van der Waals surface area contributed by atoms with Gasteiger partial charge in [0.2, 0.25) is 0 Å². The highest BCUT2D eigenvalue weighted by Crippen LogP contribution is 2.72. The molecule has 8 fully saturated rings. The van der Waals surface area contributed by atoms with Gasteiger partial charge in [-0.15, -0.1) is 0 Å². The molecule has 8 saturated carbocycles. The summed E-state index contributed by atoms with van der Waals surface area (Å²) in [6, 6.07) is 17.1. The lowest BCUT2D eigenvalue weighted by molar-refractivity contribution is -0.198. The van der Waals surface area contributed by atoms with E-state index in [1.165, 1.54) is 44.1 Å². The maximum Gasteiger partial charge on any atom is 0.411 e. The molecule has 0 saturated heterocycles. The Kier molecular flexibility index (Phi) is 7.18. The zero-order valence-electron chi connectivity index (χ0n) is 26.2. The van der Waals surface area contributed by atoms with Gasteiger partial charge in [-0.05, 0) is 136 Å². The highest BCUT2D eigenvalue weighted by atomic mass is 19.4. The smallest absolute Gasteiger partial charge is 0.411 e. The normalized spacial score (nSPS) is 39.3. The van der Waals surface area contributed by atoms with Gasteiger partial charge in [0.1, 0.15) is 19.0 Å². The predicted octanol–water partition coefficient (Wildman–Crippen LogP) is 9.45. The lowest BCUT2D eigenvalue weighted by Gasteiger charge is -2.38. The fourth-order valence-electron chi connectivity index (χ4n) is 12.2. The number of ether oxygens (including phenoxy) is 3. The molecule has 2 aromatic rings. The summed E-state index contributed by atoms with van der Waals surface area (Å²) >= 11 is 0. The van der Waals surface area contributed by atoms with Crippen molar-refractivity contribution in [3.8, 4) is 16.9 Å². The van der Waals surface area contributed by atoms with Gasteiger partial charge in [0.15, 0.2) is 0 Å².